The van der Waals surface area contributed by atoms with Crippen LogP contribution in [0.4, 0.5) is 8.78 Å². The molecule has 0 aromatic heterocycles. The molecule has 0 bridgehead atoms. The summed E-state index contributed by atoms with van der Waals surface area (Å²) in [5.41, 5.74) is 3.32. The number of rotatable bonds is 9. The molecule has 0 nitrogen and oxygen atoms in total. The lowest BCUT2D eigenvalue weighted by molar-refractivity contribution is 0.224. The van der Waals surface area contributed by atoms with E-state index in [-0.39, 0.29) is 0 Å². The third-order valence-electron chi connectivity index (χ3n) is 8.69. The van der Waals surface area contributed by atoms with E-state index >= 15 is 0 Å². The van der Waals surface area contributed by atoms with Crippen LogP contribution in [0.2, 0.25) is 5.02 Å². The first kappa shape index (κ1) is 25.7. The van der Waals surface area contributed by atoms with E-state index in [4.69, 9.17) is 11.6 Å². The molecule has 186 valence electrons. The fourth-order valence-corrected chi connectivity index (χ4v) is 6.58. The Kier molecular flexibility index (Phi) is 9.46. The van der Waals surface area contributed by atoms with Gasteiger partial charge in [-0.1, -0.05) is 94.2 Å². The second-order valence-corrected chi connectivity index (χ2v) is 11.5. The summed E-state index contributed by atoms with van der Waals surface area (Å²) in [4.78, 5) is 0. The number of hydrogen-bond donors (Lipinski definition) is 0. The molecule has 2 fully saturated rings. The minimum Gasteiger partial charge on any atom is -0.205 e. The Morgan fingerprint density at radius 1 is 0.676 bits per heavy atom. The maximum absolute atomic E-state index is 13.7. The lowest BCUT2D eigenvalue weighted by Gasteiger charge is -2.32. The van der Waals surface area contributed by atoms with Crippen LogP contribution >= 0.6 is 11.6 Å². The summed E-state index contributed by atoms with van der Waals surface area (Å²) in [6, 6.07) is 11.6. The van der Waals surface area contributed by atoms with Crippen LogP contribution in [-0.4, -0.2) is 0 Å². The quantitative estimate of drug-likeness (QED) is 0.309. The Morgan fingerprint density at radius 3 is 1.68 bits per heavy atom. The molecular weight excluding hydrogens is 446 g/mol. The molecule has 0 amide bonds. The van der Waals surface area contributed by atoms with E-state index in [2.05, 4.69) is 31.2 Å². The second kappa shape index (κ2) is 12.5. The van der Waals surface area contributed by atoms with E-state index < -0.39 is 16.7 Å². The second-order valence-electron chi connectivity index (χ2n) is 11.1. The van der Waals surface area contributed by atoms with Crippen LogP contribution in [0.3, 0.4) is 0 Å². The molecule has 0 unspecified atom stereocenters. The van der Waals surface area contributed by atoms with E-state index in [1.165, 1.54) is 100 Å². The number of halogens is 3. The van der Waals surface area contributed by atoms with Crippen LogP contribution in [-0.2, 0) is 12.8 Å². The minimum atomic E-state index is -0.679. The normalized spacial score (nSPS) is 25.4. The Morgan fingerprint density at radius 2 is 1.15 bits per heavy atom. The molecule has 2 aromatic carbocycles. The predicted octanol–water partition coefficient (Wildman–Crippen LogP) is 10.1. The van der Waals surface area contributed by atoms with Crippen LogP contribution in [0.25, 0.3) is 0 Å². The van der Waals surface area contributed by atoms with Gasteiger partial charge in [0.15, 0.2) is 0 Å². The van der Waals surface area contributed by atoms with Gasteiger partial charge in [-0.05, 0) is 91.0 Å². The summed E-state index contributed by atoms with van der Waals surface area (Å²) in [6.45, 7) is 2.33. The van der Waals surface area contributed by atoms with Crippen molar-refractivity contribution in [1.29, 1.82) is 0 Å². The molecule has 0 radical (unpaired) electrons. The molecule has 0 atom stereocenters. The lowest BCUT2D eigenvalue weighted by Crippen LogP contribution is -2.17. The third-order valence-corrected chi connectivity index (χ3v) is 9.05. The monoisotopic (exact) mass is 486 g/mol. The molecule has 4 rings (SSSR count). The largest absolute Gasteiger partial charge is 0.205 e. The molecule has 0 heterocycles. The summed E-state index contributed by atoms with van der Waals surface area (Å²) in [5, 5.41) is -0.419. The van der Waals surface area contributed by atoms with Gasteiger partial charge in [-0.25, -0.2) is 8.78 Å². The first-order chi connectivity index (χ1) is 16.5. The first-order valence-corrected chi connectivity index (χ1v) is 14.1. The predicted molar refractivity (Wildman–Crippen MR) is 140 cm³/mol. The molecule has 2 aliphatic carbocycles. The average molecular weight is 487 g/mol. The van der Waals surface area contributed by atoms with Gasteiger partial charge in [-0.3, -0.25) is 0 Å². The maximum Gasteiger partial charge on any atom is 0.145 e. The van der Waals surface area contributed by atoms with E-state index in [9.17, 15) is 8.78 Å². The van der Waals surface area contributed by atoms with Crippen molar-refractivity contribution in [2.75, 3.05) is 0 Å². The third kappa shape index (κ3) is 7.06. The Bertz CT molecular complexity index is 867. The van der Waals surface area contributed by atoms with Crippen molar-refractivity contribution in [1.82, 2.24) is 0 Å². The topological polar surface area (TPSA) is 0 Å². The SMILES string of the molecule is CCC[C@H]1CC[C@H](CCC2CCC(c3ccc(CCc4cc(F)c(Cl)c(F)c4)cc3)CC2)CC1. The van der Waals surface area contributed by atoms with Crippen LogP contribution in [0.5, 0.6) is 0 Å². The van der Waals surface area contributed by atoms with Crippen LogP contribution in [0.1, 0.15) is 107 Å². The Hall–Kier alpha value is -1.41. The van der Waals surface area contributed by atoms with Crippen molar-refractivity contribution in [3.63, 3.8) is 0 Å². The van der Waals surface area contributed by atoms with Gasteiger partial charge in [-0.15, -0.1) is 0 Å². The van der Waals surface area contributed by atoms with Crippen molar-refractivity contribution in [2.24, 2.45) is 17.8 Å². The van der Waals surface area contributed by atoms with Gasteiger partial charge < -0.3 is 0 Å². The molecule has 2 saturated carbocycles. The Balaban J connectivity index is 1.18. The smallest absolute Gasteiger partial charge is 0.145 e. The summed E-state index contributed by atoms with van der Waals surface area (Å²) in [5.74, 6) is 2.29. The summed E-state index contributed by atoms with van der Waals surface area (Å²) in [6.07, 6.45) is 18.4. The number of hydrogen-bond acceptors (Lipinski definition) is 0. The number of benzene rings is 2. The van der Waals surface area contributed by atoms with Gasteiger partial charge in [0, 0.05) is 0 Å². The molecule has 0 spiro atoms. The zero-order chi connectivity index (χ0) is 23.9. The summed E-state index contributed by atoms with van der Waals surface area (Å²) in [7, 11) is 0. The molecular formula is C31H41ClF2. The molecule has 2 aliphatic rings. The highest BCUT2D eigenvalue weighted by Gasteiger charge is 2.25. The highest BCUT2D eigenvalue weighted by molar-refractivity contribution is 6.30. The van der Waals surface area contributed by atoms with E-state index in [0.717, 1.165) is 24.2 Å². The standard InChI is InChI=1S/C31H41ClF2/c1-2-3-22-4-6-23(7-5-22)8-9-24-12-16-27(17-13-24)28-18-14-25(15-19-28)10-11-26-20-29(33)31(32)30(34)21-26/h14-15,18-24,27H,2-13,16-17H2,1H3/t22-,23-,24?,27?. The number of aryl methyl sites for hydroxylation is 2. The van der Waals surface area contributed by atoms with Gasteiger partial charge in [-0.2, -0.15) is 0 Å². The molecule has 0 saturated heterocycles. The van der Waals surface area contributed by atoms with E-state index in [0.29, 0.717) is 17.9 Å². The van der Waals surface area contributed by atoms with Crippen molar-refractivity contribution < 1.29 is 8.78 Å². The van der Waals surface area contributed by atoms with Crippen molar-refractivity contribution >= 4 is 11.6 Å². The van der Waals surface area contributed by atoms with Crippen LogP contribution in [0.15, 0.2) is 36.4 Å². The maximum atomic E-state index is 13.7. The minimum absolute atomic E-state index is 0.419. The van der Waals surface area contributed by atoms with Gasteiger partial charge in [0.1, 0.15) is 16.7 Å². The van der Waals surface area contributed by atoms with Crippen LogP contribution < -0.4 is 0 Å². The zero-order valence-electron chi connectivity index (χ0n) is 20.8. The van der Waals surface area contributed by atoms with Crippen molar-refractivity contribution in [2.45, 2.75) is 103 Å². The fourth-order valence-electron chi connectivity index (χ4n) is 6.47. The van der Waals surface area contributed by atoms with Crippen molar-refractivity contribution in [3.8, 4) is 0 Å². The molecule has 3 heteroatoms. The summed E-state index contributed by atoms with van der Waals surface area (Å²) < 4.78 is 27.3. The zero-order valence-corrected chi connectivity index (χ0v) is 21.6. The van der Waals surface area contributed by atoms with Crippen molar-refractivity contribution in [3.05, 3.63) is 69.7 Å². The lowest BCUT2D eigenvalue weighted by atomic mass is 9.74. The first-order valence-electron chi connectivity index (χ1n) is 13.7. The van der Waals surface area contributed by atoms with Gasteiger partial charge in [0.05, 0.1) is 0 Å². The summed E-state index contributed by atoms with van der Waals surface area (Å²) >= 11 is 5.58. The average Bonchev–Trinajstić information content (AvgIpc) is 2.86. The highest BCUT2D eigenvalue weighted by Crippen LogP contribution is 2.40. The van der Waals surface area contributed by atoms with Gasteiger partial charge in [0.25, 0.3) is 0 Å². The molecule has 0 aliphatic heterocycles. The van der Waals surface area contributed by atoms with Crippen LogP contribution in [0, 0.1) is 29.4 Å². The molecule has 0 N–H and O–H groups in total. The highest BCUT2D eigenvalue weighted by atomic mass is 35.5. The fraction of sp³-hybridized carbons (Fsp3) is 0.613. The van der Waals surface area contributed by atoms with E-state index in [1.807, 2.05) is 0 Å². The molecule has 34 heavy (non-hydrogen) atoms. The van der Waals surface area contributed by atoms with Gasteiger partial charge >= 0.3 is 0 Å². The Labute approximate surface area is 210 Å². The van der Waals surface area contributed by atoms with Gasteiger partial charge in [0.2, 0.25) is 0 Å². The molecule has 2 aromatic rings. The van der Waals surface area contributed by atoms with E-state index in [1.54, 1.807) is 0 Å².